The summed E-state index contributed by atoms with van der Waals surface area (Å²) in [6.07, 6.45) is 3.27. The first-order valence-electron chi connectivity index (χ1n) is 7.57. The number of carbonyl (C=O) groups is 1. The van der Waals surface area contributed by atoms with Crippen molar-refractivity contribution in [2.45, 2.75) is 47.1 Å². The molecular weight excluding hydrogens is 252 g/mol. The molecule has 1 fully saturated rings. The molecule has 4 heteroatoms. The minimum atomic E-state index is -0.317. The van der Waals surface area contributed by atoms with E-state index < -0.39 is 0 Å². The molecule has 20 heavy (non-hydrogen) atoms. The summed E-state index contributed by atoms with van der Waals surface area (Å²) in [6.45, 7) is 14.5. The molecule has 0 radical (unpaired) electrons. The average Bonchev–Trinajstić information content (AvgIpc) is 2.37. The molecule has 116 valence electrons. The molecule has 0 aromatic carbocycles. The van der Waals surface area contributed by atoms with E-state index in [9.17, 15) is 4.79 Å². The van der Waals surface area contributed by atoms with Gasteiger partial charge in [0, 0.05) is 31.6 Å². The topological polar surface area (TPSA) is 41.6 Å². The first kappa shape index (κ1) is 17.2. The first-order valence-corrected chi connectivity index (χ1v) is 7.57. The number of ether oxygens (including phenoxy) is 1. The normalized spacial score (nSPS) is 21.9. The molecular formula is C16H30N2O2. The van der Waals surface area contributed by atoms with Gasteiger partial charge in [-0.05, 0) is 20.3 Å². The van der Waals surface area contributed by atoms with Crippen molar-refractivity contribution in [3.63, 3.8) is 0 Å². The standard InChI is InChI=1S/C16H30N2O2/c1-6-13(2)11-18-9-10-20-14(12-18)7-8-17-15(19)16(3,4)5/h6,14H,7-12H2,1-5H3,(H,17,19)/b13-6+. The molecule has 1 aliphatic rings. The summed E-state index contributed by atoms with van der Waals surface area (Å²) in [5.41, 5.74) is 1.08. The van der Waals surface area contributed by atoms with E-state index in [1.165, 1.54) is 5.57 Å². The summed E-state index contributed by atoms with van der Waals surface area (Å²) in [5.74, 6) is 0.106. The van der Waals surface area contributed by atoms with Crippen molar-refractivity contribution in [1.82, 2.24) is 10.2 Å². The predicted molar refractivity (Wildman–Crippen MR) is 82.7 cm³/mol. The minimum absolute atomic E-state index is 0.106. The van der Waals surface area contributed by atoms with Crippen LogP contribution < -0.4 is 5.32 Å². The molecule has 1 N–H and O–H groups in total. The van der Waals surface area contributed by atoms with Gasteiger partial charge in [0.1, 0.15) is 0 Å². The fourth-order valence-corrected chi connectivity index (χ4v) is 2.15. The van der Waals surface area contributed by atoms with Crippen molar-refractivity contribution in [3.05, 3.63) is 11.6 Å². The number of nitrogens with one attached hydrogen (secondary N) is 1. The molecule has 1 aliphatic heterocycles. The lowest BCUT2D eigenvalue weighted by Crippen LogP contribution is -2.45. The number of hydrogen-bond donors (Lipinski definition) is 1. The van der Waals surface area contributed by atoms with Gasteiger partial charge in [0.15, 0.2) is 0 Å². The molecule has 0 aliphatic carbocycles. The highest BCUT2D eigenvalue weighted by atomic mass is 16.5. The third-order valence-electron chi connectivity index (χ3n) is 3.62. The zero-order valence-corrected chi connectivity index (χ0v) is 13.7. The smallest absolute Gasteiger partial charge is 0.225 e. The Kier molecular flexibility index (Phi) is 6.69. The fraction of sp³-hybridized carbons (Fsp3) is 0.812. The van der Waals surface area contributed by atoms with Crippen LogP contribution in [0.5, 0.6) is 0 Å². The Hall–Kier alpha value is -0.870. The Balaban J connectivity index is 2.29. The number of allylic oxidation sites excluding steroid dienone is 1. The van der Waals surface area contributed by atoms with Gasteiger partial charge in [0.25, 0.3) is 0 Å². The number of rotatable bonds is 5. The highest BCUT2D eigenvalue weighted by Crippen LogP contribution is 2.13. The quantitative estimate of drug-likeness (QED) is 0.786. The number of carbonyl (C=O) groups excluding carboxylic acids is 1. The van der Waals surface area contributed by atoms with Crippen LogP contribution in [0.1, 0.15) is 41.0 Å². The van der Waals surface area contributed by atoms with Gasteiger partial charge >= 0.3 is 0 Å². The highest BCUT2D eigenvalue weighted by Gasteiger charge is 2.23. The van der Waals surface area contributed by atoms with E-state index in [2.05, 4.69) is 30.1 Å². The van der Waals surface area contributed by atoms with E-state index in [-0.39, 0.29) is 17.4 Å². The fourth-order valence-electron chi connectivity index (χ4n) is 2.15. The largest absolute Gasteiger partial charge is 0.375 e. The van der Waals surface area contributed by atoms with Gasteiger partial charge in [-0.2, -0.15) is 0 Å². The van der Waals surface area contributed by atoms with Gasteiger partial charge in [-0.3, -0.25) is 9.69 Å². The zero-order chi connectivity index (χ0) is 15.2. The Morgan fingerprint density at radius 2 is 2.15 bits per heavy atom. The van der Waals surface area contributed by atoms with Crippen LogP contribution in [0.15, 0.2) is 11.6 Å². The number of morpholine rings is 1. The van der Waals surface area contributed by atoms with Crippen LogP contribution in [0, 0.1) is 5.41 Å². The predicted octanol–water partition coefficient (Wildman–Crippen LogP) is 2.21. The van der Waals surface area contributed by atoms with Gasteiger partial charge in [-0.1, -0.05) is 32.4 Å². The molecule has 0 aromatic rings. The number of amides is 1. The highest BCUT2D eigenvalue weighted by molar-refractivity contribution is 5.81. The number of nitrogens with zero attached hydrogens (tertiary/aromatic N) is 1. The Morgan fingerprint density at radius 3 is 2.75 bits per heavy atom. The summed E-state index contributed by atoms with van der Waals surface area (Å²) in [6, 6.07) is 0. The second kappa shape index (κ2) is 7.79. The van der Waals surface area contributed by atoms with Gasteiger partial charge < -0.3 is 10.1 Å². The third kappa shape index (κ3) is 6.06. The van der Waals surface area contributed by atoms with E-state index in [1.54, 1.807) is 0 Å². The molecule has 0 saturated carbocycles. The van der Waals surface area contributed by atoms with E-state index in [0.29, 0.717) is 6.54 Å². The van der Waals surface area contributed by atoms with Gasteiger partial charge in [-0.25, -0.2) is 0 Å². The number of hydrogen-bond acceptors (Lipinski definition) is 3. The summed E-state index contributed by atoms with van der Waals surface area (Å²) < 4.78 is 5.78. The molecule has 1 rings (SSSR count). The monoisotopic (exact) mass is 282 g/mol. The zero-order valence-electron chi connectivity index (χ0n) is 13.7. The second-order valence-electron chi connectivity index (χ2n) is 6.66. The van der Waals surface area contributed by atoms with Gasteiger partial charge in [-0.15, -0.1) is 0 Å². The summed E-state index contributed by atoms with van der Waals surface area (Å²) in [4.78, 5) is 14.2. The Labute approximate surface area is 123 Å². The molecule has 1 saturated heterocycles. The molecule has 1 heterocycles. The van der Waals surface area contributed by atoms with E-state index in [0.717, 1.165) is 32.7 Å². The maximum Gasteiger partial charge on any atom is 0.225 e. The summed E-state index contributed by atoms with van der Waals surface area (Å²) >= 11 is 0. The SMILES string of the molecule is C/C=C(\C)CN1CCOC(CCNC(=O)C(C)(C)C)C1. The average molecular weight is 282 g/mol. The first-order chi connectivity index (χ1) is 9.32. The van der Waals surface area contributed by atoms with E-state index >= 15 is 0 Å². The maximum atomic E-state index is 11.8. The van der Waals surface area contributed by atoms with E-state index in [1.807, 2.05) is 20.8 Å². The minimum Gasteiger partial charge on any atom is -0.375 e. The molecule has 0 spiro atoms. The molecule has 4 nitrogen and oxygen atoms in total. The van der Waals surface area contributed by atoms with Crippen molar-refractivity contribution < 1.29 is 9.53 Å². The molecule has 0 bridgehead atoms. The van der Waals surface area contributed by atoms with Crippen LogP contribution in [-0.4, -0.2) is 49.7 Å². The third-order valence-corrected chi connectivity index (χ3v) is 3.62. The molecule has 1 amide bonds. The second-order valence-corrected chi connectivity index (χ2v) is 6.66. The van der Waals surface area contributed by atoms with Crippen LogP contribution in [0.25, 0.3) is 0 Å². The maximum absolute atomic E-state index is 11.8. The van der Waals surface area contributed by atoms with Crippen molar-refractivity contribution in [1.29, 1.82) is 0 Å². The lowest BCUT2D eigenvalue weighted by molar-refractivity contribution is -0.128. The molecule has 1 atom stereocenters. The molecule has 1 unspecified atom stereocenters. The lowest BCUT2D eigenvalue weighted by Gasteiger charge is -2.33. The van der Waals surface area contributed by atoms with E-state index in [4.69, 9.17) is 4.74 Å². The van der Waals surface area contributed by atoms with Gasteiger partial charge in [0.2, 0.25) is 5.91 Å². The van der Waals surface area contributed by atoms with Crippen LogP contribution in [0.2, 0.25) is 0 Å². The van der Waals surface area contributed by atoms with Crippen molar-refractivity contribution in [2.24, 2.45) is 5.41 Å². The van der Waals surface area contributed by atoms with Crippen LogP contribution in [0.3, 0.4) is 0 Å². The summed E-state index contributed by atoms with van der Waals surface area (Å²) in [7, 11) is 0. The van der Waals surface area contributed by atoms with Gasteiger partial charge in [0.05, 0.1) is 12.7 Å². The van der Waals surface area contributed by atoms with Crippen molar-refractivity contribution >= 4 is 5.91 Å². The van der Waals surface area contributed by atoms with Crippen LogP contribution in [-0.2, 0) is 9.53 Å². The molecule has 0 aromatic heterocycles. The van der Waals surface area contributed by atoms with Crippen LogP contribution >= 0.6 is 0 Å². The summed E-state index contributed by atoms with van der Waals surface area (Å²) in [5, 5.41) is 2.99. The van der Waals surface area contributed by atoms with Crippen molar-refractivity contribution in [2.75, 3.05) is 32.8 Å². The Bertz CT molecular complexity index is 345. The van der Waals surface area contributed by atoms with Crippen LogP contribution in [0.4, 0.5) is 0 Å². The Morgan fingerprint density at radius 1 is 1.45 bits per heavy atom. The lowest BCUT2D eigenvalue weighted by atomic mass is 9.95. The van der Waals surface area contributed by atoms with Crippen molar-refractivity contribution in [3.8, 4) is 0 Å².